The number of rotatable bonds is 7. The highest BCUT2D eigenvalue weighted by atomic mass is 16.5. The third-order valence-corrected chi connectivity index (χ3v) is 5.19. The molecule has 0 atom stereocenters. The van der Waals surface area contributed by atoms with Crippen LogP contribution in [-0.4, -0.2) is 16.7 Å². The number of ether oxygens (including phenoxy) is 1. The van der Waals surface area contributed by atoms with Crippen molar-refractivity contribution in [3.8, 4) is 16.9 Å². The van der Waals surface area contributed by atoms with Crippen LogP contribution in [0.3, 0.4) is 0 Å². The number of para-hydroxylation sites is 1. The number of pyridine rings is 2. The number of methoxy groups -OCH3 is 1. The SMILES string of the molecule is COc1ccccc1-c1cc2cccnc2n(CCCCc2ccccc2)c1=O. The normalized spacial score (nSPS) is 10.9. The van der Waals surface area contributed by atoms with Gasteiger partial charge in [0.2, 0.25) is 0 Å². The summed E-state index contributed by atoms with van der Waals surface area (Å²) < 4.78 is 7.30. The van der Waals surface area contributed by atoms with Gasteiger partial charge in [0.25, 0.3) is 5.56 Å². The van der Waals surface area contributed by atoms with Crippen molar-refractivity contribution in [3.05, 3.63) is 94.9 Å². The Kier molecular flexibility index (Phi) is 5.71. The van der Waals surface area contributed by atoms with Gasteiger partial charge in [-0.25, -0.2) is 4.98 Å². The van der Waals surface area contributed by atoms with E-state index >= 15 is 0 Å². The molecule has 4 aromatic rings. The molecule has 0 radical (unpaired) electrons. The van der Waals surface area contributed by atoms with Crippen LogP contribution in [0.5, 0.6) is 5.75 Å². The van der Waals surface area contributed by atoms with Crippen molar-refractivity contribution in [2.75, 3.05) is 7.11 Å². The van der Waals surface area contributed by atoms with Crippen molar-refractivity contribution in [2.24, 2.45) is 0 Å². The predicted octanol–water partition coefficient (Wildman–Crippen LogP) is 5.10. The molecule has 0 spiro atoms. The zero-order chi connectivity index (χ0) is 20.1. The molecule has 0 amide bonds. The number of unbranched alkanes of at least 4 members (excludes halogenated alkanes) is 1. The van der Waals surface area contributed by atoms with Gasteiger partial charge in [0.15, 0.2) is 0 Å². The van der Waals surface area contributed by atoms with Gasteiger partial charge >= 0.3 is 0 Å². The summed E-state index contributed by atoms with van der Waals surface area (Å²) in [5.41, 5.74) is 3.48. The minimum absolute atomic E-state index is 0.0274. The smallest absolute Gasteiger partial charge is 0.260 e. The number of hydrogen-bond acceptors (Lipinski definition) is 3. The minimum Gasteiger partial charge on any atom is -0.496 e. The number of aromatic nitrogens is 2. The Balaban J connectivity index is 1.67. The highest BCUT2D eigenvalue weighted by Gasteiger charge is 2.14. The molecule has 0 unspecified atom stereocenters. The molecule has 0 bridgehead atoms. The van der Waals surface area contributed by atoms with E-state index in [-0.39, 0.29) is 5.56 Å². The summed E-state index contributed by atoms with van der Waals surface area (Å²) in [4.78, 5) is 17.9. The maximum absolute atomic E-state index is 13.4. The number of nitrogens with zero attached hydrogens (tertiary/aromatic N) is 2. The van der Waals surface area contributed by atoms with Gasteiger partial charge in [0.1, 0.15) is 11.4 Å². The lowest BCUT2D eigenvalue weighted by atomic mass is 10.0. The molecule has 0 aliphatic carbocycles. The highest BCUT2D eigenvalue weighted by Crippen LogP contribution is 2.29. The van der Waals surface area contributed by atoms with E-state index in [2.05, 4.69) is 29.2 Å². The van der Waals surface area contributed by atoms with Gasteiger partial charge in [-0.15, -0.1) is 0 Å². The van der Waals surface area contributed by atoms with Gasteiger partial charge in [-0.05, 0) is 49.1 Å². The van der Waals surface area contributed by atoms with E-state index in [1.54, 1.807) is 13.3 Å². The minimum atomic E-state index is -0.0274. The summed E-state index contributed by atoms with van der Waals surface area (Å²) in [5, 5.41) is 0.955. The van der Waals surface area contributed by atoms with Gasteiger partial charge in [0.05, 0.1) is 12.7 Å². The monoisotopic (exact) mass is 384 g/mol. The van der Waals surface area contributed by atoms with Crippen LogP contribution in [0.15, 0.2) is 83.8 Å². The van der Waals surface area contributed by atoms with E-state index in [4.69, 9.17) is 4.74 Å². The number of fused-ring (bicyclic) bond motifs is 1. The molecule has 0 fully saturated rings. The van der Waals surface area contributed by atoms with Gasteiger partial charge in [-0.3, -0.25) is 9.36 Å². The molecule has 0 saturated heterocycles. The van der Waals surface area contributed by atoms with Crippen LogP contribution in [0.4, 0.5) is 0 Å². The van der Waals surface area contributed by atoms with Crippen LogP contribution < -0.4 is 10.3 Å². The van der Waals surface area contributed by atoms with Crippen LogP contribution in [0, 0.1) is 0 Å². The molecule has 2 aromatic carbocycles. The first kappa shape index (κ1) is 18.9. The largest absolute Gasteiger partial charge is 0.496 e. The third kappa shape index (κ3) is 4.06. The molecule has 146 valence electrons. The lowest BCUT2D eigenvalue weighted by Gasteiger charge is -2.14. The molecule has 4 rings (SSSR count). The summed E-state index contributed by atoms with van der Waals surface area (Å²) in [5.74, 6) is 0.698. The fourth-order valence-corrected chi connectivity index (χ4v) is 3.72. The molecule has 0 aliphatic rings. The number of benzene rings is 2. The van der Waals surface area contributed by atoms with E-state index < -0.39 is 0 Å². The van der Waals surface area contributed by atoms with Crippen LogP contribution in [0.2, 0.25) is 0 Å². The molecule has 4 nitrogen and oxygen atoms in total. The van der Waals surface area contributed by atoms with E-state index in [1.807, 2.05) is 53.1 Å². The standard InChI is InChI=1S/C25H24N2O2/c1-29-23-15-6-5-14-21(23)22-18-20-13-9-16-26-24(20)27(25(22)28)17-8-7-12-19-10-3-2-4-11-19/h2-6,9-11,13-16,18H,7-8,12,17H2,1H3. The van der Waals surface area contributed by atoms with E-state index in [0.717, 1.165) is 35.9 Å². The quantitative estimate of drug-likeness (QED) is 0.417. The van der Waals surface area contributed by atoms with E-state index in [0.29, 0.717) is 17.9 Å². The van der Waals surface area contributed by atoms with Gasteiger partial charge in [-0.2, -0.15) is 0 Å². The van der Waals surface area contributed by atoms with Crippen molar-refractivity contribution >= 4 is 11.0 Å². The molecule has 2 heterocycles. The molecule has 0 N–H and O–H groups in total. The summed E-state index contributed by atoms with van der Waals surface area (Å²) in [6.45, 7) is 0.641. The Bertz CT molecular complexity index is 1170. The zero-order valence-electron chi connectivity index (χ0n) is 16.5. The third-order valence-electron chi connectivity index (χ3n) is 5.19. The van der Waals surface area contributed by atoms with Crippen molar-refractivity contribution in [1.29, 1.82) is 0 Å². The predicted molar refractivity (Wildman–Crippen MR) is 117 cm³/mol. The first-order valence-electron chi connectivity index (χ1n) is 9.94. The average Bonchev–Trinajstić information content (AvgIpc) is 2.78. The van der Waals surface area contributed by atoms with Crippen molar-refractivity contribution in [3.63, 3.8) is 0 Å². The summed E-state index contributed by atoms with van der Waals surface area (Å²) in [6.07, 6.45) is 4.68. The molecule has 2 aromatic heterocycles. The Hall–Kier alpha value is -3.40. The first-order chi connectivity index (χ1) is 14.3. The molecule has 4 heteroatoms. The zero-order valence-corrected chi connectivity index (χ0v) is 16.5. The fourth-order valence-electron chi connectivity index (χ4n) is 3.72. The summed E-state index contributed by atoms with van der Waals surface area (Å²) >= 11 is 0. The highest BCUT2D eigenvalue weighted by molar-refractivity contribution is 5.82. The number of aryl methyl sites for hydroxylation is 2. The maximum Gasteiger partial charge on any atom is 0.260 e. The van der Waals surface area contributed by atoms with Crippen molar-refractivity contribution in [1.82, 2.24) is 9.55 Å². The molecular weight excluding hydrogens is 360 g/mol. The topological polar surface area (TPSA) is 44.1 Å². The maximum atomic E-state index is 13.4. The van der Waals surface area contributed by atoms with Crippen molar-refractivity contribution < 1.29 is 4.74 Å². The van der Waals surface area contributed by atoms with Crippen LogP contribution in [0.1, 0.15) is 18.4 Å². The van der Waals surface area contributed by atoms with Crippen LogP contribution in [-0.2, 0) is 13.0 Å². The second-order valence-corrected chi connectivity index (χ2v) is 7.07. The summed E-state index contributed by atoms with van der Waals surface area (Å²) in [7, 11) is 1.63. The second kappa shape index (κ2) is 8.74. The van der Waals surface area contributed by atoms with Crippen molar-refractivity contribution in [2.45, 2.75) is 25.8 Å². The van der Waals surface area contributed by atoms with Gasteiger partial charge in [-0.1, -0.05) is 48.5 Å². The van der Waals surface area contributed by atoms with E-state index in [1.165, 1.54) is 5.56 Å². The molecule has 0 saturated carbocycles. The first-order valence-corrected chi connectivity index (χ1v) is 9.94. The lowest BCUT2D eigenvalue weighted by Crippen LogP contribution is -2.23. The Morgan fingerprint density at radius 3 is 2.52 bits per heavy atom. The summed E-state index contributed by atoms with van der Waals surface area (Å²) in [6, 6.07) is 23.9. The van der Waals surface area contributed by atoms with E-state index in [9.17, 15) is 4.79 Å². The molecular formula is C25H24N2O2. The Morgan fingerprint density at radius 2 is 1.69 bits per heavy atom. The van der Waals surface area contributed by atoms with Crippen LogP contribution in [0.25, 0.3) is 22.2 Å². The fraction of sp³-hybridized carbons (Fsp3) is 0.200. The van der Waals surface area contributed by atoms with Gasteiger partial charge in [0, 0.05) is 23.7 Å². The number of hydrogen-bond donors (Lipinski definition) is 0. The lowest BCUT2D eigenvalue weighted by molar-refractivity contribution is 0.416. The second-order valence-electron chi connectivity index (χ2n) is 7.07. The Morgan fingerprint density at radius 1 is 0.897 bits per heavy atom. The molecule has 29 heavy (non-hydrogen) atoms. The van der Waals surface area contributed by atoms with Gasteiger partial charge < -0.3 is 4.74 Å². The van der Waals surface area contributed by atoms with Crippen LogP contribution >= 0.6 is 0 Å². The average molecular weight is 384 g/mol. The molecule has 0 aliphatic heterocycles. The Labute approximate surface area is 170 Å².